The van der Waals surface area contributed by atoms with Crippen LogP contribution in [0.25, 0.3) is 10.9 Å². The second-order valence-electron chi connectivity index (χ2n) is 5.36. The molecule has 0 radical (unpaired) electrons. The van der Waals surface area contributed by atoms with Gasteiger partial charge in [-0.15, -0.1) is 0 Å². The summed E-state index contributed by atoms with van der Waals surface area (Å²) < 4.78 is 8.50. The number of hydrogen-bond donors (Lipinski definition) is 1. The Balaban J connectivity index is 1.54. The number of hydrogen-bond acceptors (Lipinski definition) is 4. The predicted molar refractivity (Wildman–Crippen MR) is 105 cm³/mol. The van der Waals surface area contributed by atoms with Crippen LogP contribution in [0.4, 0.5) is 0 Å². The third-order valence-electron chi connectivity index (χ3n) is 3.57. The zero-order valence-corrected chi connectivity index (χ0v) is 16.2. The number of pyridine rings is 1. The first-order chi connectivity index (χ1) is 12.1. The Morgan fingerprint density at radius 2 is 2.28 bits per heavy atom. The molecule has 6 nitrogen and oxygen atoms in total. The minimum absolute atomic E-state index is 0.0611. The van der Waals surface area contributed by atoms with Crippen LogP contribution in [0.3, 0.4) is 0 Å². The van der Waals surface area contributed by atoms with Crippen molar-refractivity contribution >= 4 is 51.0 Å². The van der Waals surface area contributed by atoms with Crippen LogP contribution in [0.15, 0.2) is 43.1 Å². The molecular formula is C17H16ClIN4O2. The average molecular weight is 471 g/mol. The van der Waals surface area contributed by atoms with E-state index in [9.17, 15) is 4.79 Å². The van der Waals surface area contributed by atoms with Crippen molar-refractivity contribution in [2.24, 2.45) is 0 Å². The number of benzene rings is 1. The molecule has 0 fully saturated rings. The highest BCUT2D eigenvalue weighted by Gasteiger charge is 2.13. The first-order valence-corrected chi connectivity index (χ1v) is 9.19. The summed E-state index contributed by atoms with van der Waals surface area (Å²) in [6.07, 6.45) is 7.89. The molecule has 3 rings (SSSR count). The molecule has 2 heterocycles. The van der Waals surface area contributed by atoms with Crippen LogP contribution < -0.4 is 10.1 Å². The van der Waals surface area contributed by atoms with Gasteiger partial charge >= 0.3 is 0 Å². The van der Waals surface area contributed by atoms with E-state index in [0.717, 1.165) is 21.9 Å². The topological polar surface area (TPSA) is 69.0 Å². The van der Waals surface area contributed by atoms with Crippen molar-refractivity contribution in [1.82, 2.24) is 19.9 Å². The summed E-state index contributed by atoms with van der Waals surface area (Å²) in [5.74, 6) is 0.412. The lowest BCUT2D eigenvalue weighted by molar-refractivity contribution is -0.123. The molecule has 1 aromatic carbocycles. The van der Waals surface area contributed by atoms with Crippen LogP contribution in [0, 0.1) is 3.57 Å². The molecule has 0 spiro atoms. The van der Waals surface area contributed by atoms with Crippen molar-refractivity contribution in [3.8, 4) is 5.75 Å². The average Bonchev–Trinajstić information content (AvgIpc) is 3.12. The number of aromatic nitrogens is 3. The molecule has 3 aromatic rings. The summed E-state index contributed by atoms with van der Waals surface area (Å²) in [4.78, 5) is 20.3. The van der Waals surface area contributed by atoms with Crippen LogP contribution >= 0.6 is 34.2 Å². The second kappa shape index (κ2) is 8.48. The first-order valence-electron chi connectivity index (χ1n) is 7.73. The van der Waals surface area contributed by atoms with Crippen molar-refractivity contribution in [3.63, 3.8) is 0 Å². The first kappa shape index (κ1) is 17.9. The van der Waals surface area contributed by atoms with Crippen molar-refractivity contribution in [2.45, 2.75) is 13.0 Å². The minimum Gasteiger partial charge on any atom is -0.480 e. The molecule has 8 heteroatoms. The van der Waals surface area contributed by atoms with Crippen LogP contribution in [0.2, 0.25) is 5.02 Å². The van der Waals surface area contributed by atoms with Crippen LogP contribution in [0.5, 0.6) is 5.75 Å². The minimum atomic E-state index is -0.166. The van der Waals surface area contributed by atoms with Gasteiger partial charge < -0.3 is 14.6 Å². The Kier molecular flexibility index (Phi) is 6.09. The fourth-order valence-corrected chi connectivity index (χ4v) is 3.55. The van der Waals surface area contributed by atoms with Gasteiger partial charge in [0.05, 0.1) is 14.9 Å². The van der Waals surface area contributed by atoms with Crippen LogP contribution in [0.1, 0.15) is 6.42 Å². The maximum absolute atomic E-state index is 12.0. The number of nitrogens with zero attached hydrogens (tertiary/aromatic N) is 3. The van der Waals surface area contributed by atoms with E-state index in [1.54, 1.807) is 18.7 Å². The maximum Gasteiger partial charge on any atom is 0.257 e. The van der Waals surface area contributed by atoms with E-state index in [1.165, 1.54) is 0 Å². The monoisotopic (exact) mass is 470 g/mol. The van der Waals surface area contributed by atoms with Gasteiger partial charge in [0, 0.05) is 37.1 Å². The molecule has 25 heavy (non-hydrogen) atoms. The molecule has 130 valence electrons. The normalized spacial score (nSPS) is 10.8. The number of imidazole rings is 1. The molecule has 0 aliphatic carbocycles. The van der Waals surface area contributed by atoms with E-state index in [0.29, 0.717) is 22.8 Å². The van der Waals surface area contributed by atoms with Crippen LogP contribution in [-0.4, -0.2) is 33.6 Å². The summed E-state index contributed by atoms with van der Waals surface area (Å²) in [6, 6.07) is 5.51. The van der Waals surface area contributed by atoms with E-state index in [1.807, 2.05) is 29.0 Å². The maximum atomic E-state index is 12.0. The quantitative estimate of drug-likeness (QED) is 0.425. The summed E-state index contributed by atoms with van der Waals surface area (Å²) in [5, 5.41) is 4.27. The highest BCUT2D eigenvalue weighted by Crippen LogP contribution is 2.34. The molecule has 2 aromatic heterocycles. The predicted octanol–water partition coefficient (Wildman–Crippen LogP) is 3.27. The lowest BCUT2D eigenvalue weighted by Gasteiger charge is -2.12. The summed E-state index contributed by atoms with van der Waals surface area (Å²) in [5.41, 5.74) is 0.660. The van der Waals surface area contributed by atoms with Gasteiger partial charge in [0.1, 0.15) is 5.52 Å². The summed E-state index contributed by atoms with van der Waals surface area (Å²) in [7, 11) is 0. The van der Waals surface area contributed by atoms with Gasteiger partial charge in [-0.1, -0.05) is 11.6 Å². The number of carbonyl (C=O) groups is 1. The highest BCUT2D eigenvalue weighted by molar-refractivity contribution is 14.1. The van der Waals surface area contributed by atoms with Crippen molar-refractivity contribution < 1.29 is 9.53 Å². The molecule has 0 unspecified atom stereocenters. The van der Waals surface area contributed by atoms with Gasteiger partial charge in [-0.3, -0.25) is 9.78 Å². The Labute approximate surface area is 163 Å². The second-order valence-corrected chi connectivity index (χ2v) is 6.93. The highest BCUT2D eigenvalue weighted by atomic mass is 127. The Bertz CT molecular complexity index is 870. The Morgan fingerprint density at radius 3 is 3.08 bits per heavy atom. The lowest BCUT2D eigenvalue weighted by atomic mass is 10.2. The number of fused-ring (bicyclic) bond motifs is 1. The van der Waals surface area contributed by atoms with Crippen LogP contribution in [-0.2, 0) is 11.3 Å². The standard InChI is InChI=1S/C17H16ClIN4O2/c18-13-9-14(19)17(16-12(13)3-1-4-22-16)25-10-15(24)21-5-2-7-23-8-6-20-11-23/h1,3-4,6,8-9,11H,2,5,7,10H2,(H,21,24). The molecule has 0 atom stereocenters. The number of aryl methyl sites for hydroxylation is 1. The van der Waals surface area contributed by atoms with Crippen molar-refractivity contribution in [3.05, 3.63) is 51.7 Å². The van der Waals surface area contributed by atoms with Gasteiger partial charge in [0.15, 0.2) is 12.4 Å². The molecule has 0 saturated carbocycles. The third kappa shape index (κ3) is 4.60. The number of carbonyl (C=O) groups excluding carboxylic acids is 1. The van der Waals surface area contributed by atoms with Gasteiger partial charge in [-0.25, -0.2) is 4.98 Å². The molecule has 0 bridgehead atoms. The van der Waals surface area contributed by atoms with Gasteiger partial charge in [-0.05, 0) is 47.2 Å². The van der Waals surface area contributed by atoms with E-state index in [4.69, 9.17) is 16.3 Å². The molecule has 1 amide bonds. The number of halogens is 2. The smallest absolute Gasteiger partial charge is 0.257 e. The van der Waals surface area contributed by atoms with E-state index >= 15 is 0 Å². The van der Waals surface area contributed by atoms with E-state index in [2.05, 4.69) is 37.9 Å². The van der Waals surface area contributed by atoms with E-state index < -0.39 is 0 Å². The zero-order valence-electron chi connectivity index (χ0n) is 13.3. The fraction of sp³-hybridized carbons (Fsp3) is 0.235. The third-order valence-corrected chi connectivity index (χ3v) is 4.69. The number of nitrogens with one attached hydrogen (secondary N) is 1. The van der Waals surface area contributed by atoms with Crippen molar-refractivity contribution in [2.75, 3.05) is 13.2 Å². The molecule has 0 aliphatic heterocycles. The summed E-state index contributed by atoms with van der Waals surface area (Å²) >= 11 is 8.37. The lowest BCUT2D eigenvalue weighted by Crippen LogP contribution is -2.30. The van der Waals surface area contributed by atoms with Gasteiger partial charge in [0.2, 0.25) is 0 Å². The van der Waals surface area contributed by atoms with E-state index in [-0.39, 0.29) is 12.5 Å². The molecule has 0 aliphatic rings. The number of rotatable bonds is 7. The van der Waals surface area contributed by atoms with Crippen molar-refractivity contribution in [1.29, 1.82) is 0 Å². The summed E-state index contributed by atoms with van der Waals surface area (Å²) in [6.45, 7) is 1.33. The van der Waals surface area contributed by atoms with Gasteiger partial charge in [-0.2, -0.15) is 0 Å². The van der Waals surface area contributed by atoms with Gasteiger partial charge in [0.25, 0.3) is 5.91 Å². The fourth-order valence-electron chi connectivity index (χ4n) is 2.38. The number of amides is 1. The molecular weight excluding hydrogens is 455 g/mol. The molecule has 1 N–H and O–H groups in total. The number of ether oxygens (including phenoxy) is 1. The largest absolute Gasteiger partial charge is 0.480 e. The Morgan fingerprint density at radius 1 is 1.40 bits per heavy atom. The SMILES string of the molecule is O=C(COc1c(I)cc(Cl)c2cccnc12)NCCCn1ccnc1. The Hall–Kier alpha value is -1.87. The molecule has 0 saturated heterocycles. The zero-order chi connectivity index (χ0) is 17.6.